The van der Waals surface area contributed by atoms with Crippen LogP contribution in [-0.2, 0) is 0 Å². The minimum atomic E-state index is -0.436. The number of nitrogens with one attached hydrogen (secondary N) is 2. The molecule has 1 aromatic carbocycles. The first-order valence-electron chi connectivity index (χ1n) is 8.75. The number of carbonyl (C=O) groups excluding carboxylic acids is 1. The van der Waals surface area contributed by atoms with E-state index in [1.165, 1.54) is 13.2 Å². The molecular weight excluding hydrogens is 337 g/mol. The van der Waals surface area contributed by atoms with Crippen molar-refractivity contribution in [2.45, 2.75) is 38.6 Å². The van der Waals surface area contributed by atoms with Crippen molar-refractivity contribution in [3.8, 4) is 5.75 Å². The number of aryl methyl sites for hydroxylation is 1. The number of amides is 2. The summed E-state index contributed by atoms with van der Waals surface area (Å²) in [5.41, 5.74) is 0.697. The van der Waals surface area contributed by atoms with Crippen molar-refractivity contribution in [2.75, 3.05) is 20.2 Å². The summed E-state index contributed by atoms with van der Waals surface area (Å²) in [6.07, 6.45) is 1.66. The summed E-state index contributed by atoms with van der Waals surface area (Å²) in [6.45, 7) is 5.01. The summed E-state index contributed by atoms with van der Waals surface area (Å²) in [5, 5.41) is 10.0. The fourth-order valence-electron chi connectivity index (χ4n) is 3.20. The van der Waals surface area contributed by atoms with Crippen LogP contribution < -0.4 is 10.1 Å². The molecule has 0 bridgehead atoms. The zero-order chi connectivity index (χ0) is 18.7. The lowest BCUT2D eigenvalue weighted by Crippen LogP contribution is -2.44. The largest absolute Gasteiger partial charge is 0.494 e. The third kappa shape index (κ3) is 3.95. The van der Waals surface area contributed by atoms with Crippen LogP contribution in [0.1, 0.15) is 48.9 Å². The van der Waals surface area contributed by atoms with Gasteiger partial charge in [-0.1, -0.05) is 6.07 Å². The molecule has 0 radical (unpaired) electrons. The standard InChI is InChI=1S/C18H24FN5O2/c1-11(14-4-5-16(26-3)15(19)10-14)20-18(25)24-8-6-13(7-9-24)17-21-12(2)22-23-17/h4-5,10-11,13H,6-9H2,1-3H3,(H,20,25)(H,21,22,23)/t11-/m1/s1. The minimum absolute atomic E-state index is 0.140. The van der Waals surface area contributed by atoms with Gasteiger partial charge < -0.3 is 15.0 Å². The number of hydrogen-bond donors (Lipinski definition) is 2. The monoisotopic (exact) mass is 361 g/mol. The Hall–Kier alpha value is -2.64. The number of likely N-dealkylation sites (tertiary alicyclic amines) is 1. The molecule has 3 rings (SSSR count). The Balaban J connectivity index is 1.54. The van der Waals surface area contributed by atoms with Crippen LogP contribution in [0.4, 0.5) is 9.18 Å². The number of aromatic amines is 1. The molecule has 1 aliphatic heterocycles. The second kappa shape index (κ2) is 7.72. The number of nitrogens with zero attached hydrogens (tertiary/aromatic N) is 3. The van der Waals surface area contributed by atoms with Crippen molar-refractivity contribution in [2.24, 2.45) is 0 Å². The molecule has 1 fully saturated rings. The number of urea groups is 1. The number of methoxy groups -OCH3 is 1. The normalized spacial score (nSPS) is 16.4. The van der Waals surface area contributed by atoms with E-state index in [-0.39, 0.29) is 23.7 Å². The topological polar surface area (TPSA) is 83.1 Å². The summed E-state index contributed by atoms with van der Waals surface area (Å²) < 4.78 is 18.8. The fraction of sp³-hybridized carbons (Fsp3) is 0.500. The van der Waals surface area contributed by atoms with E-state index in [9.17, 15) is 9.18 Å². The fourth-order valence-corrected chi connectivity index (χ4v) is 3.20. The number of carbonyl (C=O) groups is 1. The number of aromatic nitrogens is 3. The highest BCUT2D eigenvalue weighted by atomic mass is 19.1. The Morgan fingerprint density at radius 1 is 1.42 bits per heavy atom. The Morgan fingerprint density at radius 3 is 2.73 bits per heavy atom. The van der Waals surface area contributed by atoms with Crippen molar-refractivity contribution in [1.29, 1.82) is 0 Å². The van der Waals surface area contributed by atoms with Crippen LogP contribution in [0.2, 0.25) is 0 Å². The predicted octanol–water partition coefficient (Wildman–Crippen LogP) is 2.91. The van der Waals surface area contributed by atoms with Crippen molar-refractivity contribution >= 4 is 6.03 Å². The second-order valence-electron chi connectivity index (χ2n) is 6.61. The molecule has 8 heteroatoms. The third-order valence-electron chi connectivity index (χ3n) is 4.78. The number of rotatable bonds is 4. The third-order valence-corrected chi connectivity index (χ3v) is 4.78. The SMILES string of the molecule is COc1ccc([C@@H](C)NC(=O)N2CCC(c3n[nH]c(C)n3)CC2)cc1F. The van der Waals surface area contributed by atoms with E-state index >= 15 is 0 Å². The first-order chi connectivity index (χ1) is 12.5. The lowest BCUT2D eigenvalue weighted by Gasteiger charge is -2.31. The van der Waals surface area contributed by atoms with Crippen LogP contribution >= 0.6 is 0 Å². The van der Waals surface area contributed by atoms with Gasteiger partial charge in [-0.2, -0.15) is 5.10 Å². The molecule has 0 spiro atoms. The van der Waals surface area contributed by atoms with Gasteiger partial charge in [0.15, 0.2) is 17.4 Å². The van der Waals surface area contributed by atoms with E-state index in [1.807, 2.05) is 13.8 Å². The Labute approximate surface area is 151 Å². The summed E-state index contributed by atoms with van der Waals surface area (Å²) in [4.78, 5) is 18.7. The van der Waals surface area contributed by atoms with E-state index in [0.717, 1.165) is 24.5 Å². The van der Waals surface area contributed by atoms with E-state index in [0.29, 0.717) is 18.7 Å². The van der Waals surface area contributed by atoms with Crippen molar-refractivity contribution in [1.82, 2.24) is 25.4 Å². The van der Waals surface area contributed by atoms with Gasteiger partial charge in [0.2, 0.25) is 0 Å². The van der Waals surface area contributed by atoms with Gasteiger partial charge in [0.1, 0.15) is 5.82 Å². The van der Waals surface area contributed by atoms with Crippen LogP contribution in [-0.4, -0.2) is 46.3 Å². The minimum Gasteiger partial charge on any atom is -0.494 e. The first kappa shape index (κ1) is 18.2. The molecule has 2 N–H and O–H groups in total. The average Bonchev–Trinajstić information content (AvgIpc) is 3.08. The number of piperidine rings is 1. The molecule has 2 amide bonds. The van der Waals surface area contributed by atoms with Gasteiger partial charge in [0.25, 0.3) is 0 Å². The van der Waals surface area contributed by atoms with Gasteiger partial charge in [0, 0.05) is 19.0 Å². The highest BCUT2D eigenvalue weighted by Crippen LogP contribution is 2.26. The highest BCUT2D eigenvalue weighted by Gasteiger charge is 2.26. The van der Waals surface area contributed by atoms with Gasteiger partial charge in [-0.3, -0.25) is 5.10 Å². The molecule has 26 heavy (non-hydrogen) atoms. The molecule has 7 nitrogen and oxygen atoms in total. The van der Waals surface area contributed by atoms with Crippen LogP contribution in [0.25, 0.3) is 0 Å². The van der Waals surface area contributed by atoms with Gasteiger partial charge >= 0.3 is 6.03 Å². The molecule has 2 heterocycles. The molecule has 1 saturated heterocycles. The predicted molar refractivity (Wildman–Crippen MR) is 94.6 cm³/mol. The molecule has 1 atom stereocenters. The van der Waals surface area contributed by atoms with Crippen LogP contribution in [0.3, 0.4) is 0 Å². The Bertz CT molecular complexity index is 771. The quantitative estimate of drug-likeness (QED) is 0.877. The smallest absolute Gasteiger partial charge is 0.317 e. The summed E-state index contributed by atoms with van der Waals surface area (Å²) in [6, 6.07) is 4.28. The maximum absolute atomic E-state index is 13.8. The van der Waals surface area contributed by atoms with Gasteiger partial charge in [-0.05, 0) is 44.4 Å². The molecule has 140 valence electrons. The molecule has 0 unspecified atom stereocenters. The number of hydrogen-bond acceptors (Lipinski definition) is 4. The number of H-pyrrole nitrogens is 1. The van der Waals surface area contributed by atoms with Crippen LogP contribution in [0.5, 0.6) is 5.75 Å². The van der Waals surface area contributed by atoms with Gasteiger partial charge in [0.05, 0.1) is 13.2 Å². The van der Waals surface area contributed by atoms with E-state index in [4.69, 9.17) is 4.74 Å². The van der Waals surface area contributed by atoms with Crippen molar-refractivity contribution in [3.05, 3.63) is 41.2 Å². The molecular formula is C18H24FN5O2. The zero-order valence-electron chi connectivity index (χ0n) is 15.3. The lowest BCUT2D eigenvalue weighted by molar-refractivity contribution is 0.177. The zero-order valence-corrected chi connectivity index (χ0v) is 15.3. The first-order valence-corrected chi connectivity index (χ1v) is 8.75. The molecule has 1 aromatic heterocycles. The number of halogens is 1. The maximum Gasteiger partial charge on any atom is 0.317 e. The summed E-state index contributed by atoms with van der Waals surface area (Å²) in [5.74, 6) is 1.66. The second-order valence-corrected chi connectivity index (χ2v) is 6.61. The molecule has 1 aliphatic rings. The number of benzene rings is 1. The summed E-state index contributed by atoms with van der Waals surface area (Å²) >= 11 is 0. The van der Waals surface area contributed by atoms with Gasteiger partial charge in [-0.25, -0.2) is 14.2 Å². The maximum atomic E-state index is 13.8. The molecule has 0 saturated carbocycles. The molecule has 2 aromatic rings. The highest BCUT2D eigenvalue weighted by molar-refractivity contribution is 5.74. The van der Waals surface area contributed by atoms with E-state index in [2.05, 4.69) is 20.5 Å². The van der Waals surface area contributed by atoms with Gasteiger partial charge in [-0.15, -0.1) is 0 Å². The Kier molecular flexibility index (Phi) is 5.39. The van der Waals surface area contributed by atoms with Crippen molar-refractivity contribution in [3.63, 3.8) is 0 Å². The van der Waals surface area contributed by atoms with E-state index < -0.39 is 5.82 Å². The number of ether oxygens (including phenoxy) is 1. The van der Waals surface area contributed by atoms with Crippen LogP contribution in [0, 0.1) is 12.7 Å². The van der Waals surface area contributed by atoms with Crippen molar-refractivity contribution < 1.29 is 13.9 Å². The van der Waals surface area contributed by atoms with Crippen LogP contribution in [0.15, 0.2) is 18.2 Å². The summed E-state index contributed by atoms with van der Waals surface area (Å²) in [7, 11) is 1.42. The molecule has 0 aliphatic carbocycles. The lowest BCUT2D eigenvalue weighted by atomic mass is 9.96. The average molecular weight is 361 g/mol. The Morgan fingerprint density at radius 2 is 2.15 bits per heavy atom. The van der Waals surface area contributed by atoms with E-state index in [1.54, 1.807) is 17.0 Å².